The summed E-state index contributed by atoms with van der Waals surface area (Å²) in [5.41, 5.74) is 3.50. The second kappa shape index (κ2) is 8.83. The molecule has 0 bridgehead atoms. The van der Waals surface area contributed by atoms with Gasteiger partial charge in [-0.2, -0.15) is 4.31 Å². The van der Waals surface area contributed by atoms with E-state index >= 15 is 0 Å². The standard InChI is InChI=1S/C24H23N3O3S/c1-2-19-3-9-23(10-4-19)31(29,30)27-17-15-26(16-18-27)24(28)22-7-5-20(6-8-22)21-11-13-25-14-12-21/h2-14H,1,15-18H2. The maximum atomic E-state index is 12.9. The van der Waals surface area contributed by atoms with E-state index in [4.69, 9.17) is 0 Å². The van der Waals surface area contributed by atoms with E-state index in [-0.39, 0.29) is 23.9 Å². The van der Waals surface area contributed by atoms with Crippen LogP contribution in [0.1, 0.15) is 15.9 Å². The predicted molar refractivity (Wildman–Crippen MR) is 121 cm³/mol. The lowest BCUT2D eigenvalue weighted by Crippen LogP contribution is -2.50. The van der Waals surface area contributed by atoms with Crippen LogP contribution in [0, 0.1) is 0 Å². The van der Waals surface area contributed by atoms with E-state index in [1.165, 1.54) is 4.31 Å². The summed E-state index contributed by atoms with van der Waals surface area (Å²) in [6.45, 7) is 4.94. The second-order valence-electron chi connectivity index (χ2n) is 7.28. The summed E-state index contributed by atoms with van der Waals surface area (Å²) < 4.78 is 27.2. The molecule has 0 spiro atoms. The lowest BCUT2D eigenvalue weighted by atomic mass is 10.0. The van der Waals surface area contributed by atoms with Crippen molar-refractivity contribution in [2.24, 2.45) is 0 Å². The summed E-state index contributed by atoms with van der Waals surface area (Å²) in [6.07, 6.45) is 5.13. The zero-order valence-electron chi connectivity index (χ0n) is 17.0. The number of sulfonamides is 1. The largest absolute Gasteiger partial charge is 0.336 e. The van der Waals surface area contributed by atoms with Gasteiger partial charge in [0.2, 0.25) is 10.0 Å². The molecule has 1 aliphatic heterocycles. The molecule has 1 aliphatic rings. The fourth-order valence-corrected chi connectivity index (χ4v) is 5.01. The van der Waals surface area contributed by atoms with Gasteiger partial charge in [-0.3, -0.25) is 9.78 Å². The molecule has 0 saturated carbocycles. The Kier molecular flexibility index (Phi) is 5.97. The topological polar surface area (TPSA) is 70.6 Å². The van der Waals surface area contributed by atoms with Crippen molar-refractivity contribution in [1.29, 1.82) is 0 Å². The highest BCUT2D eigenvalue weighted by molar-refractivity contribution is 7.89. The molecule has 7 heteroatoms. The van der Waals surface area contributed by atoms with Crippen molar-refractivity contribution in [3.63, 3.8) is 0 Å². The molecule has 1 aromatic heterocycles. The normalized spacial score (nSPS) is 14.9. The number of amides is 1. The minimum atomic E-state index is -3.58. The van der Waals surface area contributed by atoms with Gasteiger partial charge >= 0.3 is 0 Å². The van der Waals surface area contributed by atoms with Gasteiger partial charge in [0.25, 0.3) is 5.91 Å². The van der Waals surface area contributed by atoms with Crippen molar-refractivity contribution in [2.75, 3.05) is 26.2 Å². The Hall–Kier alpha value is -3.29. The van der Waals surface area contributed by atoms with Crippen LogP contribution in [0.3, 0.4) is 0 Å². The molecule has 2 aromatic carbocycles. The van der Waals surface area contributed by atoms with E-state index in [0.29, 0.717) is 18.7 Å². The molecular formula is C24H23N3O3S. The molecular weight excluding hydrogens is 410 g/mol. The number of benzene rings is 2. The van der Waals surface area contributed by atoms with Crippen LogP contribution in [-0.4, -0.2) is 54.7 Å². The zero-order chi connectivity index (χ0) is 21.8. The fraction of sp³-hybridized carbons (Fsp3) is 0.167. The number of rotatable bonds is 5. The van der Waals surface area contributed by atoms with Crippen molar-refractivity contribution in [3.05, 3.63) is 90.8 Å². The monoisotopic (exact) mass is 433 g/mol. The average Bonchev–Trinajstić information content (AvgIpc) is 2.84. The highest BCUT2D eigenvalue weighted by Crippen LogP contribution is 2.21. The number of aromatic nitrogens is 1. The van der Waals surface area contributed by atoms with Crippen molar-refractivity contribution in [3.8, 4) is 11.1 Å². The molecule has 2 heterocycles. The number of pyridine rings is 1. The summed E-state index contributed by atoms with van der Waals surface area (Å²) in [7, 11) is -3.58. The van der Waals surface area contributed by atoms with E-state index in [9.17, 15) is 13.2 Å². The van der Waals surface area contributed by atoms with E-state index in [0.717, 1.165) is 16.7 Å². The van der Waals surface area contributed by atoms with E-state index in [2.05, 4.69) is 11.6 Å². The molecule has 31 heavy (non-hydrogen) atoms. The first-order valence-corrected chi connectivity index (χ1v) is 11.5. The minimum Gasteiger partial charge on any atom is -0.336 e. The molecule has 158 valence electrons. The van der Waals surface area contributed by atoms with Crippen LogP contribution in [0.2, 0.25) is 0 Å². The third-order valence-corrected chi connectivity index (χ3v) is 7.34. The molecule has 1 saturated heterocycles. The lowest BCUT2D eigenvalue weighted by molar-refractivity contribution is 0.0698. The Morgan fingerprint density at radius 3 is 2.00 bits per heavy atom. The van der Waals surface area contributed by atoms with Gasteiger partial charge in [0, 0.05) is 44.1 Å². The maximum absolute atomic E-state index is 12.9. The lowest BCUT2D eigenvalue weighted by Gasteiger charge is -2.34. The van der Waals surface area contributed by atoms with Crippen LogP contribution in [0.15, 0.2) is 84.5 Å². The van der Waals surface area contributed by atoms with Gasteiger partial charge in [0.15, 0.2) is 0 Å². The van der Waals surface area contributed by atoms with Crippen molar-refractivity contribution in [2.45, 2.75) is 4.90 Å². The second-order valence-corrected chi connectivity index (χ2v) is 9.22. The zero-order valence-corrected chi connectivity index (χ0v) is 17.8. The Morgan fingerprint density at radius 2 is 1.42 bits per heavy atom. The molecule has 0 radical (unpaired) electrons. The molecule has 0 N–H and O–H groups in total. The van der Waals surface area contributed by atoms with Crippen molar-refractivity contribution < 1.29 is 13.2 Å². The van der Waals surface area contributed by atoms with Crippen molar-refractivity contribution >= 4 is 22.0 Å². The summed E-state index contributed by atoms with van der Waals surface area (Å²) in [5.74, 6) is -0.0892. The Balaban J connectivity index is 1.41. The molecule has 4 rings (SSSR count). The smallest absolute Gasteiger partial charge is 0.253 e. The summed E-state index contributed by atoms with van der Waals surface area (Å²) in [5, 5.41) is 0. The third-order valence-electron chi connectivity index (χ3n) is 5.42. The van der Waals surface area contributed by atoms with Crippen LogP contribution in [0.25, 0.3) is 17.2 Å². The Bertz CT molecular complexity index is 1170. The number of piperazine rings is 1. The van der Waals surface area contributed by atoms with Crippen LogP contribution in [0.4, 0.5) is 0 Å². The molecule has 0 aliphatic carbocycles. The molecule has 0 atom stereocenters. The SMILES string of the molecule is C=Cc1ccc(S(=O)(=O)N2CCN(C(=O)c3ccc(-c4ccncc4)cc3)CC2)cc1. The van der Waals surface area contributed by atoms with Gasteiger partial charge < -0.3 is 4.90 Å². The fourth-order valence-electron chi connectivity index (χ4n) is 3.59. The third kappa shape index (κ3) is 4.42. The van der Waals surface area contributed by atoms with Gasteiger partial charge in [0.05, 0.1) is 4.90 Å². The number of carbonyl (C=O) groups excluding carboxylic acids is 1. The molecule has 6 nitrogen and oxygen atoms in total. The predicted octanol–water partition coefficient (Wildman–Crippen LogP) is 3.54. The summed E-state index contributed by atoms with van der Waals surface area (Å²) in [4.78, 5) is 18.9. The number of hydrogen-bond acceptors (Lipinski definition) is 4. The maximum Gasteiger partial charge on any atom is 0.253 e. The molecule has 1 fully saturated rings. The van der Waals surface area contributed by atoms with Crippen molar-refractivity contribution in [1.82, 2.24) is 14.2 Å². The van der Waals surface area contributed by atoms with Gasteiger partial charge in [-0.15, -0.1) is 0 Å². The van der Waals surface area contributed by atoms with E-state index in [1.54, 1.807) is 47.6 Å². The van der Waals surface area contributed by atoms with Gasteiger partial charge in [-0.05, 0) is 53.1 Å². The number of carbonyl (C=O) groups is 1. The van der Waals surface area contributed by atoms with Gasteiger partial charge in [-0.25, -0.2) is 8.42 Å². The van der Waals surface area contributed by atoms with Crippen LogP contribution >= 0.6 is 0 Å². The first kappa shape index (κ1) is 21.0. The van der Waals surface area contributed by atoms with Gasteiger partial charge in [-0.1, -0.05) is 36.9 Å². The number of nitrogens with zero attached hydrogens (tertiary/aromatic N) is 3. The van der Waals surface area contributed by atoms with Crippen LogP contribution in [-0.2, 0) is 10.0 Å². The number of hydrogen-bond donors (Lipinski definition) is 0. The minimum absolute atomic E-state index is 0.0892. The van der Waals surface area contributed by atoms with E-state index < -0.39 is 10.0 Å². The first-order valence-electron chi connectivity index (χ1n) is 10.0. The van der Waals surface area contributed by atoms with Crippen LogP contribution in [0.5, 0.6) is 0 Å². The quantitative estimate of drug-likeness (QED) is 0.617. The highest BCUT2D eigenvalue weighted by Gasteiger charge is 2.30. The van der Waals surface area contributed by atoms with Gasteiger partial charge in [0.1, 0.15) is 0 Å². The van der Waals surface area contributed by atoms with Crippen LogP contribution < -0.4 is 0 Å². The average molecular weight is 434 g/mol. The molecule has 0 unspecified atom stereocenters. The molecule has 1 amide bonds. The summed E-state index contributed by atoms with van der Waals surface area (Å²) >= 11 is 0. The highest BCUT2D eigenvalue weighted by atomic mass is 32.2. The Morgan fingerprint density at radius 1 is 0.839 bits per heavy atom. The van der Waals surface area contributed by atoms with E-state index in [1.807, 2.05) is 36.4 Å². The first-order chi connectivity index (χ1) is 15.0. The Labute approximate surface area is 182 Å². The molecule has 3 aromatic rings. The summed E-state index contributed by atoms with van der Waals surface area (Å²) in [6, 6.07) is 17.9.